The monoisotopic (exact) mass is 336 g/mol. The van der Waals surface area contributed by atoms with Crippen molar-refractivity contribution >= 4 is 22.7 Å². The fourth-order valence-corrected chi connectivity index (χ4v) is 4.91. The van der Waals surface area contributed by atoms with E-state index in [0.717, 1.165) is 36.2 Å². The first kappa shape index (κ1) is 16.1. The summed E-state index contributed by atoms with van der Waals surface area (Å²) in [6, 6.07) is 1.14. The highest BCUT2D eigenvalue weighted by Crippen LogP contribution is 2.23. The van der Waals surface area contributed by atoms with E-state index in [0.29, 0.717) is 12.1 Å². The standard InChI is InChI=1S/C16H24N4S2/c1-11-7-19(9-15-5-17-13(3)21-15)8-12(2)20(11)10-16-6-18-14(4)22-16/h5-6,11-12H,7-10H2,1-4H3. The van der Waals surface area contributed by atoms with Gasteiger partial charge >= 0.3 is 0 Å². The van der Waals surface area contributed by atoms with Crippen LogP contribution in [-0.2, 0) is 13.1 Å². The van der Waals surface area contributed by atoms with Gasteiger partial charge in [-0.1, -0.05) is 0 Å². The molecular formula is C16H24N4S2. The van der Waals surface area contributed by atoms with Crippen LogP contribution < -0.4 is 0 Å². The molecule has 4 nitrogen and oxygen atoms in total. The van der Waals surface area contributed by atoms with Gasteiger partial charge in [0.1, 0.15) is 0 Å². The van der Waals surface area contributed by atoms with Crippen molar-refractivity contribution < 1.29 is 0 Å². The molecule has 1 saturated heterocycles. The first-order chi connectivity index (χ1) is 10.5. The molecule has 2 atom stereocenters. The fraction of sp³-hybridized carbons (Fsp3) is 0.625. The SMILES string of the molecule is Cc1ncc(CN2CC(C)N(Cc3cnc(C)s3)C(C)C2)s1. The number of hydrogen-bond acceptors (Lipinski definition) is 6. The Hall–Kier alpha value is -0.820. The van der Waals surface area contributed by atoms with Crippen molar-refractivity contribution in [1.82, 2.24) is 19.8 Å². The highest BCUT2D eigenvalue weighted by molar-refractivity contribution is 7.11. The summed E-state index contributed by atoms with van der Waals surface area (Å²) in [7, 11) is 0. The van der Waals surface area contributed by atoms with Gasteiger partial charge in [-0.15, -0.1) is 22.7 Å². The Bertz CT molecular complexity index is 609. The molecular weight excluding hydrogens is 312 g/mol. The minimum absolute atomic E-state index is 0.570. The molecule has 3 rings (SSSR count). The molecule has 3 heterocycles. The van der Waals surface area contributed by atoms with Crippen molar-refractivity contribution in [3.05, 3.63) is 32.2 Å². The van der Waals surface area contributed by atoms with E-state index in [-0.39, 0.29) is 0 Å². The summed E-state index contributed by atoms with van der Waals surface area (Å²) in [4.78, 5) is 16.7. The maximum absolute atomic E-state index is 4.38. The lowest BCUT2D eigenvalue weighted by Crippen LogP contribution is -2.55. The van der Waals surface area contributed by atoms with E-state index in [4.69, 9.17) is 0 Å². The van der Waals surface area contributed by atoms with Gasteiger partial charge in [0.2, 0.25) is 0 Å². The average molecular weight is 337 g/mol. The maximum Gasteiger partial charge on any atom is 0.0897 e. The van der Waals surface area contributed by atoms with E-state index in [2.05, 4.69) is 47.5 Å². The second kappa shape index (κ2) is 6.74. The van der Waals surface area contributed by atoms with Crippen molar-refractivity contribution in [3.63, 3.8) is 0 Å². The molecule has 0 bridgehead atoms. The Kier molecular flexibility index (Phi) is 4.92. The van der Waals surface area contributed by atoms with E-state index in [1.807, 2.05) is 35.1 Å². The summed E-state index contributed by atoms with van der Waals surface area (Å²) in [5, 5.41) is 2.32. The predicted molar refractivity (Wildman–Crippen MR) is 93.4 cm³/mol. The Morgan fingerprint density at radius 3 is 1.91 bits per heavy atom. The second-order valence-electron chi connectivity index (χ2n) is 6.26. The molecule has 0 amide bonds. The van der Waals surface area contributed by atoms with Crippen LogP contribution >= 0.6 is 22.7 Å². The Morgan fingerprint density at radius 2 is 1.45 bits per heavy atom. The summed E-state index contributed by atoms with van der Waals surface area (Å²) in [6.07, 6.45) is 4.06. The van der Waals surface area contributed by atoms with Gasteiger partial charge in [0.05, 0.1) is 10.0 Å². The number of thiazole rings is 2. The number of piperazine rings is 1. The summed E-state index contributed by atoms with van der Waals surface area (Å²) in [6.45, 7) is 13.2. The van der Waals surface area contributed by atoms with E-state index in [1.54, 1.807) is 0 Å². The van der Waals surface area contributed by atoms with Gasteiger partial charge < -0.3 is 0 Å². The van der Waals surface area contributed by atoms with E-state index < -0.39 is 0 Å². The molecule has 2 aromatic rings. The number of nitrogens with zero attached hydrogens (tertiary/aromatic N) is 4. The van der Waals surface area contributed by atoms with Crippen molar-refractivity contribution in [2.45, 2.75) is 52.9 Å². The predicted octanol–water partition coefficient (Wildman–Crippen LogP) is 3.31. The number of hydrogen-bond donors (Lipinski definition) is 0. The fourth-order valence-electron chi connectivity index (χ4n) is 3.26. The first-order valence-electron chi connectivity index (χ1n) is 7.82. The molecule has 0 saturated carbocycles. The van der Waals surface area contributed by atoms with Gasteiger partial charge in [0, 0.05) is 60.4 Å². The van der Waals surface area contributed by atoms with Gasteiger partial charge in [-0.05, 0) is 27.7 Å². The molecule has 1 aliphatic rings. The Morgan fingerprint density at radius 1 is 0.955 bits per heavy atom. The molecule has 2 aromatic heterocycles. The molecule has 0 radical (unpaired) electrons. The summed E-state index contributed by atoms with van der Waals surface area (Å²) in [5.41, 5.74) is 0. The van der Waals surface area contributed by atoms with Crippen molar-refractivity contribution in [3.8, 4) is 0 Å². The quantitative estimate of drug-likeness (QED) is 0.857. The molecule has 0 aromatic carbocycles. The molecule has 0 N–H and O–H groups in total. The van der Waals surface area contributed by atoms with Crippen LogP contribution in [0.25, 0.3) is 0 Å². The van der Waals surface area contributed by atoms with Crippen LogP contribution in [0.5, 0.6) is 0 Å². The molecule has 0 aliphatic carbocycles. The number of aryl methyl sites for hydroxylation is 2. The third-order valence-electron chi connectivity index (χ3n) is 4.23. The lowest BCUT2D eigenvalue weighted by atomic mass is 10.1. The van der Waals surface area contributed by atoms with Crippen molar-refractivity contribution in [2.75, 3.05) is 13.1 Å². The highest BCUT2D eigenvalue weighted by atomic mass is 32.1. The Labute approximate surface area is 140 Å². The van der Waals surface area contributed by atoms with E-state index in [1.165, 1.54) is 9.75 Å². The van der Waals surface area contributed by atoms with Crippen LogP contribution in [0, 0.1) is 13.8 Å². The topological polar surface area (TPSA) is 32.3 Å². The van der Waals surface area contributed by atoms with Gasteiger partial charge in [0.25, 0.3) is 0 Å². The molecule has 120 valence electrons. The van der Waals surface area contributed by atoms with Gasteiger partial charge in [-0.2, -0.15) is 0 Å². The van der Waals surface area contributed by atoms with Gasteiger partial charge in [-0.25, -0.2) is 9.97 Å². The maximum atomic E-state index is 4.38. The third-order valence-corrected chi connectivity index (χ3v) is 6.03. The zero-order chi connectivity index (χ0) is 15.7. The number of rotatable bonds is 4. The molecule has 6 heteroatoms. The summed E-state index contributed by atoms with van der Waals surface area (Å²) >= 11 is 3.64. The van der Waals surface area contributed by atoms with Crippen LogP contribution in [0.2, 0.25) is 0 Å². The van der Waals surface area contributed by atoms with Crippen LogP contribution in [0.4, 0.5) is 0 Å². The minimum Gasteiger partial charge on any atom is -0.295 e. The lowest BCUT2D eigenvalue weighted by Gasteiger charge is -2.44. The molecule has 2 unspecified atom stereocenters. The first-order valence-corrected chi connectivity index (χ1v) is 9.45. The second-order valence-corrected chi connectivity index (χ2v) is 8.89. The largest absolute Gasteiger partial charge is 0.295 e. The molecule has 1 fully saturated rings. The molecule has 22 heavy (non-hydrogen) atoms. The van der Waals surface area contributed by atoms with Crippen LogP contribution in [-0.4, -0.2) is 44.9 Å². The van der Waals surface area contributed by atoms with Crippen molar-refractivity contribution in [2.24, 2.45) is 0 Å². The normalized spacial score (nSPS) is 24.0. The highest BCUT2D eigenvalue weighted by Gasteiger charge is 2.29. The summed E-state index contributed by atoms with van der Waals surface area (Å²) in [5.74, 6) is 0. The summed E-state index contributed by atoms with van der Waals surface area (Å²) < 4.78 is 0. The van der Waals surface area contributed by atoms with Crippen molar-refractivity contribution in [1.29, 1.82) is 0 Å². The third kappa shape index (κ3) is 3.74. The van der Waals surface area contributed by atoms with Crippen LogP contribution in [0.1, 0.15) is 33.6 Å². The Balaban J connectivity index is 1.61. The smallest absolute Gasteiger partial charge is 0.0897 e. The van der Waals surface area contributed by atoms with Crippen LogP contribution in [0.3, 0.4) is 0 Å². The molecule has 0 spiro atoms. The van der Waals surface area contributed by atoms with Gasteiger partial charge in [-0.3, -0.25) is 9.80 Å². The number of aromatic nitrogens is 2. The average Bonchev–Trinajstić information content (AvgIpc) is 3.03. The van der Waals surface area contributed by atoms with Gasteiger partial charge in [0.15, 0.2) is 0 Å². The van der Waals surface area contributed by atoms with E-state index >= 15 is 0 Å². The van der Waals surface area contributed by atoms with E-state index in [9.17, 15) is 0 Å². The minimum atomic E-state index is 0.570. The molecule has 1 aliphatic heterocycles. The lowest BCUT2D eigenvalue weighted by molar-refractivity contribution is 0.0301. The zero-order valence-electron chi connectivity index (χ0n) is 13.7. The van der Waals surface area contributed by atoms with Crippen LogP contribution in [0.15, 0.2) is 12.4 Å². The zero-order valence-corrected chi connectivity index (χ0v) is 15.4.